The molecule has 2 unspecified atom stereocenters. The molecule has 1 rings (SSSR count). The molecular weight excluding hydrogens is 165 g/mol. The number of ether oxygens (including phenoxy) is 1. The quantitative estimate of drug-likeness (QED) is 0.645. The number of aliphatic carboxylic acids is 1. The van der Waals surface area contributed by atoms with Gasteiger partial charge in [-0.3, -0.25) is 9.69 Å². The maximum atomic E-state index is 12.9. The van der Waals surface area contributed by atoms with Crippen LogP contribution in [0, 0.1) is 0 Å². The van der Waals surface area contributed by atoms with Crippen LogP contribution in [0.5, 0.6) is 0 Å². The number of rotatable bonds is 3. The third kappa shape index (κ3) is 2.15. The van der Waals surface area contributed by atoms with Gasteiger partial charge in [-0.2, -0.15) is 0 Å². The van der Waals surface area contributed by atoms with Gasteiger partial charge in [-0.25, -0.2) is 4.39 Å². The number of carboxylic acids is 1. The van der Waals surface area contributed by atoms with E-state index in [0.717, 1.165) is 0 Å². The van der Waals surface area contributed by atoms with E-state index in [1.807, 2.05) is 0 Å². The van der Waals surface area contributed by atoms with Gasteiger partial charge in [-0.1, -0.05) is 0 Å². The fourth-order valence-electron chi connectivity index (χ4n) is 1.35. The second-order valence-corrected chi connectivity index (χ2v) is 2.88. The molecular formula is C7H12FNO3. The SMILES string of the molecule is COC1CN(CC(=O)O)CC1F. The van der Waals surface area contributed by atoms with Gasteiger partial charge in [-0.05, 0) is 0 Å². The fraction of sp³-hybridized carbons (Fsp3) is 0.857. The highest BCUT2D eigenvalue weighted by Gasteiger charge is 2.33. The molecule has 1 saturated heterocycles. The molecule has 2 atom stereocenters. The van der Waals surface area contributed by atoms with Gasteiger partial charge in [0, 0.05) is 20.2 Å². The van der Waals surface area contributed by atoms with E-state index in [1.54, 1.807) is 0 Å². The van der Waals surface area contributed by atoms with Crippen LogP contribution in [0.3, 0.4) is 0 Å². The molecule has 0 saturated carbocycles. The molecule has 1 heterocycles. The highest BCUT2D eigenvalue weighted by Crippen LogP contribution is 2.15. The van der Waals surface area contributed by atoms with Crippen LogP contribution in [-0.4, -0.2) is 55.0 Å². The molecule has 1 aliphatic rings. The number of likely N-dealkylation sites (tertiary alicyclic amines) is 1. The van der Waals surface area contributed by atoms with Crippen LogP contribution in [0.15, 0.2) is 0 Å². The Labute approximate surface area is 69.9 Å². The summed E-state index contributed by atoms with van der Waals surface area (Å²) in [4.78, 5) is 11.8. The summed E-state index contributed by atoms with van der Waals surface area (Å²) >= 11 is 0. The summed E-state index contributed by atoms with van der Waals surface area (Å²) in [5, 5.41) is 8.41. The van der Waals surface area contributed by atoms with Crippen molar-refractivity contribution in [1.29, 1.82) is 0 Å². The summed E-state index contributed by atoms with van der Waals surface area (Å²) in [5.74, 6) is -0.932. The summed E-state index contributed by atoms with van der Waals surface area (Å²) < 4.78 is 17.8. The number of methoxy groups -OCH3 is 1. The molecule has 0 bridgehead atoms. The van der Waals surface area contributed by atoms with Gasteiger partial charge >= 0.3 is 5.97 Å². The number of alkyl halides is 1. The third-order valence-corrected chi connectivity index (χ3v) is 1.94. The Bertz CT molecular complexity index is 176. The van der Waals surface area contributed by atoms with Gasteiger partial charge in [-0.15, -0.1) is 0 Å². The molecule has 0 radical (unpaired) electrons. The van der Waals surface area contributed by atoms with E-state index in [0.29, 0.717) is 6.54 Å². The van der Waals surface area contributed by atoms with Gasteiger partial charge in [0.2, 0.25) is 0 Å². The molecule has 1 aliphatic heterocycles. The van der Waals surface area contributed by atoms with Crippen molar-refractivity contribution in [3.8, 4) is 0 Å². The summed E-state index contributed by atoms with van der Waals surface area (Å²) in [6.07, 6.45) is -1.53. The minimum atomic E-state index is -1.06. The highest BCUT2D eigenvalue weighted by molar-refractivity contribution is 5.69. The largest absolute Gasteiger partial charge is 0.480 e. The highest BCUT2D eigenvalue weighted by atomic mass is 19.1. The second-order valence-electron chi connectivity index (χ2n) is 2.88. The van der Waals surface area contributed by atoms with E-state index < -0.39 is 18.2 Å². The second kappa shape index (κ2) is 3.82. The maximum absolute atomic E-state index is 12.9. The number of nitrogens with zero attached hydrogens (tertiary/aromatic N) is 1. The van der Waals surface area contributed by atoms with Crippen LogP contribution in [0.2, 0.25) is 0 Å². The Balaban J connectivity index is 2.37. The minimum absolute atomic E-state index is 0.111. The van der Waals surface area contributed by atoms with Crippen LogP contribution in [0.4, 0.5) is 4.39 Å². The van der Waals surface area contributed by atoms with Crippen molar-refractivity contribution >= 4 is 5.97 Å². The van der Waals surface area contributed by atoms with Crippen LogP contribution < -0.4 is 0 Å². The molecule has 12 heavy (non-hydrogen) atoms. The Morgan fingerprint density at radius 2 is 2.42 bits per heavy atom. The van der Waals surface area contributed by atoms with E-state index in [1.165, 1.54) is 12.0 Å². The van der Waals surface area contributed by atoms with Crippen LogP contribution in [-0.2, 0) is 9.53 Å². The van der Waals surface area contributed by atoms with Crippen molar-refractivity contribution in [2.45, 2.75) is 12.3 Å². The molecule has 0 aromatic heterocycles. The first-order chi connectivity index (χ1) is 5.63. The number of carboxylic acid groups (broad SMARTS) is 1. The summed E-state index contributed by atoms with van der Waals surface area (Å²) in [6, 6.07) is 0. The van der Waals surface area contributed by atoms with Gasteiger partial charge in [0.25, 0.3) is 0 Å². The lowest BCUT2D eigenvalue weighted by molar-refractivity contribution is -0.138. The van der Waals surface area contributed by atoms with Crippen molar-refractivity contribution in [3.05, 3.63) is 0 Å². The average molecular weight is 177 g/mol. The van der Waals surface area contributed by atoms with Crippen molar-refractivity contribution in [2.24, 2.45) is 0 Å². The van der Waals surface area contributed by atoms with E-state index in [-0.39, 0.29) is 13.1 Å². The summed E-state index contributed by atoms with van der Waals surface area (Å²) in [5.41, 5.74) is 0. The van der Waals surface area contributed by atoms with Crippen LogP contribution >= 0.6 is 0 Å². The van der Waals surface area contributed by atoms with Crippen LogP contribution in [0.25, 0.3) is 0 Å². The third-order valence-electron chi connectivity index (χ3n) is 1.94. The molecule has 1 N–H and O–H groups in total. The topological polar surface area (TPSA) is 49.8 Å². The smallest absolute Gasteiger partial charge is 0.317 e. The van der Waals surface area contributed by atoms with E-state index in [4.69, 9.17) is 9.84 Å². The normalized spacial score (nSPS) is 30.8. The number of halogens is 1. The average Bonchev–Trinajstić information content (AvgIpc) is 2.29. The lowest BCUT2D eigenvalue weighted by Gasteiger charge is -2.10. The Hall–Kier alpha value is -0.680. The van der Waals surface area contributed by atoms with Crippen molar-refractivity contribution in [1.82, 2.24) is 4.90 Å². The Kier molecular flexibility index (Phi) is 2.99. The zero-order chi connectivity index (χ0) is 9.14. The molecule has 0 aromatic rings. The zero-order valence-corrected chi connectivity index (χ0v) is 6.86. The first-order valence-electron chi connectivity index (χ1n) is 3.74. The number of carbonyl (C=O) groups is 1. The molecule has 1 fully saturated rings. The van der Waals surface area contributed by atoms with Gasteiger partial charge in [0.05, 0.1) is 6.54 Å². The first-order valence-corrected chi connectivity index (χ1v) is 3.74. The van der Waals surface area contributed by atoms with Gasteiger partial charge in [0.1, 0.15) is 12.3 Å². The van der Waals surface area contributed by atoms with E-state index in [9.17, 15) is 9.18 Å². The molecule has 5 heteroatoms. The Morgan fingerprint density at radius 3 is 2.83 bits per heavy atom. The lowest BCUT2D eigenvalue weighted by atomic mass is 10.3. The number of hydrogen-bond acceptors (Lipinski definition) is 3. The number of hydrogen-bond donors (Lipinski definition) is 1. The molecule has 4 nitrogen and oxygen atoms in total. The van der Waals surface area contributed by atoms with Crippen LogP contribution in [0.1, 0.15) is 0 Å². The molecule has 70 valence electrons. The molecule has 0 aromatic carbocycles. The monoisotopic (exact) mass is 177 g/mol. The molecule has 0 spiro atoms. The van der Waals surface area contributed by atoms with Gasteiger partial charge < -0.3 is 9.84 Å². The maximum Gasteiger partial charge on any atom is 0.317 e. The minimum Gasteiger partial charge on any atom is -0.480 e. The van der Waals surface area contributed by atoms with Crippen molar-refractivity contribution in [2.75, 3.05) is 26.7 Å². The first kappa shape index (κ1) is 9.41. The predicted octanol–water partition coefficient (Wildman–Crippen LogP) is -0.260. The predicted molar refractivity (Wildman–Crippen MR) is 39.8 cm³/mol. The summed E-state index contributed by atoms with van der Waals surface area (Å²) in [6.45, 7) is 0.412. The fourth-order valence-corrected chi connectivity index (χ4v) is 1.35. The van der Waals surface area contributed by atoms with Crippen molar-refractivity contribution < 1.29 is 19.0 Å². The molecule has 0 amide bonds. The Morgan fingerprint density at radius 1 is 1.75 bits per heavy atom. The zero-order valence-electron chi connectivity index (χ0n) is 6.86. The molecule has 0 aliphatic carbocycles. The lowest BCUT2D eigenvalue weighted by Crippen LogP contribution is -2.28. The standard InChI is InChI=1S/C7H12FNO3/c1-12-6-3-9(2-5(6)8)4-7(10)11/h5-6H,2-4H2,1H3,(H,10,11). The van der Waals surface area contributed by atoms with Gasteiger partial charge in [0.15, 0.2) is 0 Å². The van der Waals surface area contributed by atoms with Crippen molar-refractivity contribution in [3.63, 3.8) is 0 Å². The van der Waals surface area contributed by atoms with E-state index >= 15 is 0 Å². The summed E-state index contributed by atoms with van der Waals surface area (Å²) in [7, 11) is 1.43. The van der Waals surface area contributed by atoms with E-state index in [2.05, 4.69) is 0 Å².